The predicted molar refractivity (Wildman–Crippen MR) is 85.2 cm³/mol. The first-order valence-electron chi connectivity index (χ1n) is 9.06. The van der Waals surface area contributed by atoms with Crippen molar-refractivity contribution in [2.45, 2.75) is 31.2 Å². The Morgan fingerprint density at radius 3 is 1.17 bits per heavy atom. The molecule has 7 heteroatoms. The van der Waals surface area contributed by atoms with Gasteiger partial charge in [-0.1, -0.05) is 0 Å². The van der Waals surface area contributed by atoms with E-state index in [9.17, 15) is 0 Å². The molecule has 0 aromatic heterocycles. The van der Waals surface area contributed by atoms with Crippen LogP contribution in [-0.2, 0) is 33.2 Å². The van der Waals surface area contributed by atoms with Crippen molar-refractivity contribution >= 4 is 0 Å². The Kier molecular flexibility index (Phi) is 8.22. The van der Waals surface area contributed by atoms with Crippen LogP contribution < -0.4 is 0 Å². The van der Waals surface area contributed by atoms with E-state index in [-0.39, 0.29) is 0 Å². The predicted octanol–water partition coefficient (Wildman–Crippen LogP) is 0.646. The van der Waals surface area contributed by atoms with Gasteiger partial charge in [-0.3, -0.25) is 0 Å². The number of ether oxygens (including phenoxy) is 7. The number of hydrogen-bond donors (Lipinski definition) is 0. The van der Waals surface area contributed by atoms with E-state index in [2.05, 4.69) is 0 Å². The summed E-state index contributed by atoms with van der Waals surface area (Å²) in [6.07, 6.45) is 3.81. The molecule has 0 aromatic rings. The van der Waals surface area contributed by atoms with Gasteiger partial charge in [-0.15, -0.1) is 0 Å². The average molecular weight is 346 g/mol. The van der Waals surface area contributed by atoms with E-state index in [0.717, 1.165) is 45.6 Å². The molecule has 3 heterocycles. The van der Waals surface area contributed by atoms with Crippen LogP contribution in [0.4, 0.5) is 0 Å². The minimum absolute atomic E-state index is 0.358. The smallest absolute Gasteiger partial charge is 0.104 e. The van der Waals surface area contributed by atoms with Crippen LogP contribution in [-0.4, -0.2) is 91.0 Å². The fraction of sp³-hybridized carbons (Fsp3) is 1.00. The van der Waals surface area contributed by atoms with Crippen LogP contribution in [0.3, 0.4) is 0 Å². The molecule has 3 atom stereocenters. The quantitative estimate of drug-likeness (QED) is 0.338. The summed E-state index contributed by atoms with van der Waals surface area (Å²) in [5, 5.41) is 0. The van der Waals surface area contributed by atoms with Gasteiger partial charge in [0.25, 0.3) is 0 Å². The van der Waals surface area contributed by atoms with Crippen LogP contribution in [0.25, 0.3) is 0 Å². The van der Waals surface area contributed by atoms with Gasteiger partial charge in [-0.05, 0) is 18.8 Å². The second kappa shape index (κ2) is 10.7. The topological polar surface area (TPSA) is 74.5 Å². The van der Waals surface area contributed by atoms with Crippen molar-refractivity contribution in [3.8, 4) is 0 Å². The zero-order valence-corrected chi connectivity index (χ0v) is 14.4. The van der Waals surface area contributed by atoms with Gasteiger partial charge in [0.2, 0.25) is 0 Å². The highest BCUT2D eigenvalue weighted by atomic mass is 16.6. The monoisotopic (exact) mass is 346 g/mol. The van der Waals surface area contributed by atoms with E-state index in [1.54, 1.807) is 0 Å². The molecule has 4 fully saturated rings. The SMILES string of the molecule is C(COCC1CO1)OCC1CC1.C(COCC1CO1)OCC1CO1. The maximum absolute atomic E-state index is 5.39. The summed E-state index contributed by atoms with van der Waals surface area (Å²) in [5.41, 5.74) is 0. The minimum Gasteiger partial charge on any atom is -0.379 e. The summed E-state index contributed by atoms with van der Waals surface area (Å²) >= 11 is 0. The van der Waals surface area contributed by atoms with Crippen molar-refractivity contribution < 1.29 is 33.2 Å². The van der Waals surface area contributed by atoms with Crippen LogP contribution in [0.5, 0.6) is 0 Å². The van der Waals surface area contributed by atoms with Crippen molar-refractivity contribution in [3.05, 3.63) is 0 Å². The first kappa shape index (κ1) is 18.5. The third-order valence-corrected chi connectivity index (χ3v) is 3.91. The maximum Gasteiger partial charge on any atom is 0.104 e. The molecular formula is C17H30O7. The van der Waals surface area contributed by atoms with Crippen molar-refractivity contribution in [3.63, 3.8) is 0 Å². The van der Waals surface area contributed by atoms with E-state index in [0.29, 0.717) is 51.3 Å². The van der Waals surface area contributed by atoms with Crippen LogP contribution in [0.1, 0.15) is 12.8 Å². The fourth-order valence-electron chi connectivity index (χ4n) is 1.91. The van der Waals surface area contributed by atoms with Gasteiger partial charge in [0.15, 0.2) is 0 Å². The van der Waals surface area contributed by atoms with Crippen LogP contribution in [0.2, 0.25) is 0 Å². The highest BCUT2D eigenvalue weighted by Gasteiger charge is 2.24. The Bertz CT molecular complexity index is 261. The molecule has 140 valence electrons. The van der Waals surface area contributed by atoms with E-state index in [1.807, 2.05) is 0 Å². The Balaban J connectivity index is 0.000000141. The molecule has 0 aromatic carbocycles. The Labute approximate surface area is 143 Å². The van der Waals surface area contributed by atoms with E-state index < -0.39 is 0 Å². The first-order valence-corrected chi connectivity index (χ1v) is 9.06. The van der Waals surface area contributed by atoms with Gasteiger partial charge in [0, 0.05) is 6.61 Å². The molecule has 7 nitrogen and oxygen atoms in total. The summed E-state index contributed by atoms with van der Waals surface area (Å²) in [7, 11) is 0. The molecule has 1 saturated carbocycles. The lowest BCUT2D eigenvalue weighted by atomic mass is 10.5. The molecule has 0 amide bonds. The standard InChI is InChI=1S/C9H16O3.C8H14O4/c1-2-8(1)5-10-3-4-11-6-9-7-12-9;1(9-3-7-5-11-7)2-10-4-8-6-12-8/h8-9H,1-7H2;7-8H,1-6H2. The summed E-state index contributed by atoms with van der Waals surface area (Å²) in [4.78, 5) is 0. The van der Waals surface area contributed by atoms with Gasteiger partial charge in [0.05, 0.1) is 66.1 Å². The lowest BCUT2D eigenvalue weighted by Crippen LogP contribution is -2.10. The van der Waals surface area contributed by atoms with Gasteiger partial charge in [-0.2, -0.15) is 0 Å². The van der Waals surface area contributed by atoms with Crippen molar-refractivity contribution in [2.75, 3.05) is 72.7 Å². The van der Waals surface area contributed by atoms with Gasteiger partial charge >= 0.3 is 0 Å². The molecule has 3 aliphatic heterocycles. The molecule has 3 unspecified atom stereocenters. The zero-order chi connectivity index (χ0) is 16.5. The van der Waals surface area contributed by atoms with Gasteiger partial charge in [-0.25, -0.2) is 0 Å². The molecule has 4 rings (SSSR count). The van der Waals surface area contributed by atoms with E-state index in [4.69, 9.17) is 33.2 Å². The molecule has 0 radical (unpaired) electrons. The second-order valence-corrected chi connectivity index (χ2v) is 6.61. The first-order chi connectivity index (χ1) is 11.9. The Morgan fingerprint density at radius 2 is 0.875 bits per heavy atom. The molecule has 0 bridgehead atoms. The number of epoxide rings is 3. The fourth-order valence-corrected chi connectivity index (χ4v) is 1.91. The largest absolute Gasteiger partial charge is 0.379 e. The molecule has 1 aliphatic carbocycles. The highest BCUT2D eigenvalue weighted by Crippen LogP contribution is 2.28. The van der Waals surface area contributed by atoms with Crippen molar-refractivity contribution in [2.24, 2.45) is 5.92 Å². The third-order valence-electron chi connectivity index (χ3n) is 3.91. The van der Waals surface area contributed by atoms with Crippen LogP contribution in [0, 0.1) is 5.92 Å². The normalized spacial score (nSPS) is 29.8. The Hall–Kier alpha value is -0.280. The maximum atomic E-state index is 5.39. The second-order valence-electron chi connectivity index (χ2n) is 6.61. The molecule has 4 aliphatic rings. The van der Waals surface area contributed by atoms with Gasteiger partial charge < -0.3 is 33.2 Å². The molecule has 3 saturated heterocycles. The Morgan fingerprint density at radius 1 is 0.542 bits per heavy atom. The molecular weight excluding hydrogens is 316 g/mol. The lowest BCUT2D eigenvalue weighted by molar-refractivity contribution is 0.0366. The highest BCUT2D eigenvalue weighted by molar-refractivity contribution is 4.72. The van der Waals surface area contributed by atoms with Crippen LogP contribution >= 0.6 is 0 Å². The number of rotatable bonds is 14. The molecule has 0 N–H and O–H groups in total. The van der Waals surface area contributed by atoms with Gasteiger partial charge in [0.1, 0.15) is 18.3 Å². The average Bonchev–Trinajstić information content (AvgIpc) is 3.45. The van der Waals surface area contributed by atoms with Crippen LogP contribution in [0.15, 0.2) is 0 Å². The molecule has 0 spiro atoms. The third kappa shape index (κ3) is 10.6. The molecule has 24 heavy (non-hydrogen) atoms. The van der Waals surface area contributed by atoms with E-state index in [1.165, 1.54) is 12.8 Å². The van der Waals surface area contributed by atoms with E-state index >= 15 is 0 Å². The number of hydrogen-bond acceptors (Lipinski definition) is 7. The van der Waals surface area contributed by atoms with Crippen molar-refractivity contribution in [1.82, 2.24) is 0 Å². The zero-order valence-electron chi connectivity index (χ0n) is 14.4. The summed E-state index contributed by atoms with van der Waals surface area (Å²) in [5.74, 6) is 0.858. The summed E-state index contributed by atoms with van der Waals surface area (Å²) in [6.45, 7) is 8.47. The lowest BCUT2D eigenvalue weighted by Gasteiger charge is -2.02. The minimum atomic E-state index is 0.358. The summed E-state index contributed by atoms with van der Waals surface area (Å²) < 4.78 is 36.2. The van der Waals surface area contributed by atoms with Crippen molar-refractivity contribution in [1.29, 1.82) is 0 Å². The summed E-state index contributed by atoms with van der Waals surface area (Å²) in [6, 6.07) is 0.